The van der Waals surface area contributed by atoms with E-state index in [0.717, 1.165) is 0 Å². The zero-order valence-corrected chi connectivity index (χ0v) is 11.9. The summed E-state index contributed by atoms with van der Waals surface area (Å²) in [6, 6.07) is 3.31. The monoisotopic (exact) mass is 281 g/mol. The maximum atomic E-state index is 12.5. The number of aliphatic hydroxyl groups is 1. The van der Waals surface area contributed by atoms with Crippen LogP contribution in [-0.4, -0.2) is 56.4 Å². The number of nitrogens with zero attached hydrogens (tertiary/aromatic N) is 1. The number of carbonyl (C=O) groups excluding carboxylic acids is 1. The molecule has 6 nitrogen and oxygen atoms in total. The van der Waals surface area contributed by atoms with Gasteiger partial charge in [0.05, 0.1) is 33.0 Å². The van der Waals surface area contributed by atoms with Crippen molar-refractivity contribution in [2.24, 2.45) is 0 Å². The van der Waals surface area contributed by atoms with Gasteiger partial charge in [0.2, 0.25) is 5.75 Å². The summed E-state index contributed by atoms with van der Waals surface area (Å²) in [6.45, 7) is 0.883. The fraction of sp³-hybridized carbons (Fsp3) is 0.500. The first kappa shape index (κ1) is 14.5. The molecule has 20 heavy (non-hydrogen) atoms. The number of rotatable bonds is 4. The number of methoxy groups -OCH3 is 3. The second-order valence-corrected chi connectivity index (χ2v) is 4.58. The molecular weight excluding hydrogens is 262 g/mol. The van der Waals surface area contributed by atoms with E-state index in [0.29, 0.717) is 42.3 Å². The fourth-order valence-electron chi connectivity index (χ4n) is 2.37. The van der Waals surface area contributed by atoms with Crippen molar-refractivity contribution in [1.29, 1.82) is 0 Å². The molecule has 0 bridgehead atoms. The molecule has 1 aromatic carbocycles. The third-order valence-electron chi connectivity index (χ3n) is 3.39. The van der Waals surface area contributed by atoms with E-state index >= 15 is 0 Å². The molecule has 0 unspecified atom stereocenters. The number of likely N-dealkylation sites (tertiary alicyclic amines) is 1. The van der Waals surface area contributed by atoms with Crippen molar-refractivity contribution in [2.75, 3.05) is 34.4 Å². The minimum absolute atomic E-state index is 0.181. The molecule has 0 aromatic heterocycles. The van der Waals surface area contributed by atoms with Crippen LogP contribution in [0.2, 0.25) is 0 Å². The Kier molecular flexibility index (Phi) is 4.34. The van der Waals surface area contributed by atoms with Gasteiger partial charge in [-0.2, -0.15) is 0 Å². The van der Waals surface area contributed by atoms with Crippen LogP contribution < -0.4 is 14.2 Å². The number of aliphatic hydroxyl groups excluding tert-OH is 1. The summed E-state index contributed by atoms with van der Waals surface area (Å²) >= 11 is 0. The summed E-state index contributed by atoms with van der Waals surface area (Å²) in [6.07, 6.45) is 0.145. The predicted molar refractivity (Wildman–Crippen MR) is 72.6 cm³/mol. The Hall–Kier alpha value is -1.95. The number of carbonyl (C=O) groups is 1. The number of hydrogen-bond acceptors (Lipinski definition) is 5. The summed E-state index contributed by atoms with van der Waals surface area (Å²) in [5.41, 5.74) is 0.402. The summed E-state index contributed by atoms with van der Waals surface area (Å²) in [5.74, 6) is 1.06. The van der Waals surface area contributed by atoms with E-state index in [-0.39, 0.29) is 5.91 Å². The highest BCUT2D eigenvalue weighted by molar-refractivity contribution is 5.98. The van der Waals surface area contributed by atoms with Crippen LogP contribution in [0.3, 0.4) is 0 Å². The SMILES string of the molecule is COc1ccc(C(=O)N2CC[C@H](O)C2)c(OC)c1OC. The van der Waals surface area contributed by atoms with E-state index in [1.54, 1.807) is 17.0 Å². The van der Waals surface area contributed by atoms with Crippen molar-refractivity contribution in [2.45, 2.75) is 12.5 Å². The summed E-state index contributed by atoms with van der Waals surface area (Å²) in [7, 11) is 4.50. The van der Waals surface area contributed by atoms with Crippen molar-refractivity contribution in [3.05, 3.63) is 17.7 Å². The summed E-state index contributed by atoms with van der Waals surface area (Å²) in [5, 5.41) is 9.53. The molecule has 1 aliphatic rings. The zero-order valence-electron chi connectivity index (χ0n) is 11.9. The number of amides is 1. The number of hydrogen-bond donors (Lipinski definition) is 1. The molecule has 0 spiro atoms. The first-order valence-electron chi connectivity index (χ1n) is 6.38. The van der Waals surface area contributed by atoms with Gasteiger partial charge in [-0.05, 0) is 18.6 Å². The minimum Gasteiger partial charge on any atom is -0.493 e. The van der Waals surface area contributed by atoms with E-state index in [1.165, 1.54) is 21.3 Å². The number of β-amino-alcohol motifs (C(OH)–C–C–N with tert-alkyl or cyclic N) is 1. The number of benzene rings is 1. The normalized spacial score (nSPS) is 18.0. The maximum Gasteiger partial charge on any atom is 0.257 e. The standard InChI is InChI=1S/C14H19NO5/c1-18-11-5-4-10(12(19-2)13(11)20-3)14(17)15-7-6-9(16)8-15/h4-5,9,16H,6-8H2,1-3H3/t9-/m0/s1. The van der Waals surface area contributed by atoms with Crippen LogP contribution >= 0.6 is 0 Å². The molecule has 110 valence electrons. The Morgan fingerprint density at radius 1 is 1.20 bits per heavy atom. The lowest BCUT2D eigenvalue weighted by Crippen LogP contribution is -2.29. The largest absolute Gasteiger partial charge is 0.493 e. The first-order chi connectivity index (χ1) is 9.62. The lowest BCUT2D eigenvalue weighted by atomic mass is 10.1. The smallest absolute Gasteiger partial charge is 0.257 e. The topological polar surface area (TPSA) is 68.2 Å². The summed E-state index contributed by atoms with van der Waals surface area (Å²) in [4.78, 5) is 14.1. The van der Waals surface area contributed by atoms with E-state index in [9.17, 15) is 9.90 Å². The molecule has 1 atom stereocenters. The van der Waals surface area contributed by atoms with Crippen LogP contribution in [0.1, 0.15) is 16.8 Å². The summed E-state index contributed by atoms with van der Waals surface area (Å²) < 4.78 is 15.8. The van der Waals surface area contributed by atoms with Gasteiger partial charge < -0.3 is 24.2 Å². The van der Waals surface area contributed by atoms with Crippen molar-refractivity contribution >= 4 is 5.91 Å². The molecule has 1 amide bonds. The third kappa shape index (κ3) is 2.51. The van der Waals surface area contributed by atoms with Crippen LogP contribution in [0.5, 0.6) is 17.2 Å². The van der Waals surface area contributed by atoms with Gasteiger partial charge in [-0.25, -0.2) is 0 Å². The molecule has 0 saturated carbocycles. The molecule has 1 aromatic rings. The third-order valence-corrected chi connectivity index (χ3v) is 3.39. The first-order valence-corrected chi connectivity index (χ1v) is 6.38. The van der Waals surface area contributed by atoms with Crippen LogP contribution in [0.25, 0.3) is 0 Å². The van der Waals surface area contributed by atoms with Gasteiger partial charge in [0.25, 0.3) is 5.91 Å². The molecule has 1 N–H and O–H groups in total. The highest BCUT2D eigenvalue weighted by Gasteiger charge is 2.29. The van der Waals surface area contributed by atoms with Gasteiger partial charge in [-0.3, -0.25) is 4.79 Å². The van der Waals surface area contributed by atoms with Crippen LogP contribution in [0.4, 0.5) is 0 Å². The second kappa shape index (κ2) is 6.00. The average molecular weight is 281 g/mol. The Bertz CT molecular complexity index is 503. The highest BCUT2D eigenvalue weighted by atomic mass is 16.5. The molecule has 1 aliphatic heterocycles. The van der Waals surface area contributed by atoms with Crippen molar-refractivity contribution in [3.8, 4) is 17.2 Å². The van der Waals surface area contributed by atoms with E-state index in [4.69, 9.17) is 14.2 Å². The van der Waals surface area contributed by atoms with Crippen LogP contribution in [-0.2, 0) is 0 Å². The van der Waals surface area contributed by atoms with E-state index < -0.39 is 6.10 Å². The van der Waals surface area contributed by atoms with Gasteiger partial charge in [0.1, 0.15) is 0 Å². The molecule has 1 fully saturated rings. The molecule has 1 heterocycles. The van der Waals surface area contributed by atoms with Gasteiger partial charge in [-0.1, -0.05) is 0 Å². The van der Waals surface area contributed by atoms with Crippen molar-refractivity contribution in [3.63, 3.8) is 0 Å². The Labute approximate surface area is 117 Å². The molecule has 6 heteroatoms. The fourth-order valence-corrected chi connectivity index (χ4v) is 2.37. The molecule has 2 rings (SSSR count). The van der Waals surface area contributed by atoms with Crippen molar-refractivity contribution < 1.29 is 24.1 Å². The van der Waals surface area contributed by atoms with Gasteiger partial charge in [-0.15, -0.1) is 0 Å². The lowest BCUT2D eigenvalue weighted by Gasteiger charge is -2.19. The molecular formula is C14H19NO5. The second-order valence-electron chi connectivity index (χ2n) is 4.58. The number of ether oxygens (including phenoxy) is 3. The predicted octanol–water partition coefficient (Wildman–Crippen LogP) is 0.919. The quantitative estimate of drug-likeness (QED) is 0.889. The Morgan fingerprint density at radius 2 is 1.90 bits per heavy atom. The molecule has 0 aliphatic carbocycles. The molecule has 1 saturated heterocycles. The minimum atomic E-state index is -0.454. The highest BCUT2D eigenvalue weighted by Crippen LogP contribution is 2.40. The lowest BCUT2D eigenvalue weighted by molar-refractivity contribution is 0.0761. The van der Waals surface area contributed by atoms with E-state index in [1.807, 2.05) is 0 Å². The average Bonchev–Trinajstić information content (AvgIpc) is 2.91. The van der Waals surface area contributed by atoms with Crippen molar-refractivity contribution in [1.82, 2.24) is 4.90 Å². The Morgan fingerprint density at radius 3 is 2.40 bits per heavy atom. The zero-order chi connectivity index (χ0) is 14.7. The van der Waals surface area contributed by atoms with Gasteiger partial charge >= 0.3 is 0 Å². The van der Waals surface area contributed by atoms with Crippen LogP contribution in [0.15, 0.2) is 12.1 Å². The van der Waals surface area contributed by atoms with Crippen LogP contribution in [0, 0.1) is 0 Å². The van der Waals surface area contributed by atoms with Gasteiger partial charge in [0, 0.05) is 13.1 Å². The maximum absolute atomic E-state index is 12.5. The van der Waals surface area contributed by atoms with E-state index in [2.05, 4.69) is 0 Å². The Balaban J connectivity index is 2.38. The molecule has 0 radical (unpaired) electrons. The van der Waals surface area contributed by atoms with Gasteiger partial charge in [0.15, 0.2) is 11.5 Å².